The highest BCUT2D eigenvalue weighted by Gasteiger charge is 2.42. The van der Waals surface area contributed by atoms with Crippen molar-refractivity contribution >= 4 is 41.5 Å². The zero-order valence-electron chi connectivity index (χ0n) is 14.2. The van der Waals surface area contributed by atoms with Gasteiger partial charge in [-0.15, -0.1) is 0 Å². The summed E-state index contributed by atoms with van der Waals surface area (Å²) in [5.74, 6) is 2.76. The van der Waals surface area contributed by atoms with Crippen molar-refractivity contribution in [1.82, 2.24) is 0 Å². The van der Waals surface area contributed by atoms with Crippen LogP contribution in [-0.2, 0) is 15.1 Å². The van der Waals surface area contributed by atoms with Crippen molar-refractivity contribution in [3.63, 3.8) is 0 Å². The molecular formula is C20H22O2S3. The van der Waals surface area contributed by atoms with Crippen LogP contribution in [0.3, 0.4) is 0 Å². The molecule has 1 aliphatic rings. The lowest BCUT2D eigenvalue weighted by Gasteiger charge is -2.25. The Bertz CT molecular complexity index is 725. The predicted octanol–water partition coefficient (Wildman–Crippen LogP) is 5.63. The van der Waals surface area contributed by atoms with Crippen molar-refractivity contribution in [3.05, 3.63) is 70.1 Å². The molecule has 2 heterocycles. The highest BCUT2D eigenvalue weighted by Crippen LogP contribution is 2.42. The van der Waals surface area contributed by atoms with Crippen LogP contribution >= 0.6 is 35.7 Å². The second kappa shape index (κ2) is 8.47. The molecule has 1 aromatic carbocycles. The van der Waals surface area contributed by atoms with Gasteiger partial charge in [0.15, 0.2) is 5.60 Å². The van der Waals surface area contributed by atoms with Gasteiger partial charge in [-0.25, -0.2) is 0 Å². The lowest BCUT2D eigenvalue weighted by Crippen LogP contribution is -2.29. The third-order valence-corrected chi connectivity index (χ3v) is 6.73. The van der Waals surface area contributed by atoms with Crippen molar-refractivity contribution in [3.8, 4) is 0 Å². The topological polar surface area (TPSA) is 26.3 Å². The summed E-state index contributed by atoms with van der Waals surface area (Å²) in [5, 5.41) is 4.60. The van der Waals surface area contributed by atoms with Gasteiger partial charge in [-0.2, -0.15) is 35.7 Å². The molecule has 2 nitrogen and oxygen atoms in total. The van der Waals surface area contributed by atoms with E-state index in [2.05, 4.69) is 29.5 Å². The van der Waals surface area contributed by atoms with E-state index in [1.807, 2.05) is 49.0 Å². The summed E-state index contributed by atoms with van der Waals surface area (Å²) in [5.41, 5.74) is 1.31. The number of hydrogen-bond acceptors (Lipinski definition) is 5. The number of benzene rings is 1. The summed E-state index contributed by atoms with van der Waals surface area (Å²) in [4.78, 5) is 12.6. The largest absolute Gasteiger partial charge is 0.479 e. The quantitative estimate of drug-likeness (QED) is 0.467. The normalized spacial score (nSPS) is 21.0. The summed E-state index contributed by atoms with van der Waals surface area (Å²) in [6.07, 6.45) is 3.50. The molecule has 132 valence electrons. The SMILES string of the molecule is CC1(c2ccccc2)OC(CC(SCCCS)c2ccsc2)=CC1=O. The molecule has 1 aromatic heterocycles. The summed E-state index contributed by atoms with van der Waals surface area (Å²) in [7, 11) is 0. The van der Waals surface area contributed by atoms with Crippen LogP contribution < -0.4 is 0 Å². The van der Waals surface area contributed by atoms with Crippen molar-refractivity contribution < 1.29 is 9.53 Å². The highest BCUT2D eigenvalue weighted by atomic mass is 32.2. The summed E-state index contributed by atoms with van der Waals surface area (Å²) >= 11 is 7.92. The zero-order chi connectivity index (χ0) is 17.7. The van der Waals surface area contributed by atoms with Crippen molar-refractivity contribution in [2.75, 3.05) is 11.5 Å². The second-order valence-corrected chi connectivity index (χ2v) is 8.71. The number of ether oxygens (including phenoxy) is 1. The molecule has 25 heavy (non-hydrogen) atoms. The Labute approximate surface area is 163 Å². The van der Waals surface area contributed by atoms with Gasteiger partial charge in [0.25, 0.3) is 0 Å². The van der Waals surface area contributed by atoms with Gasteiger partial charge in [0.2, 0.25) is 5.78 Å². The number of rotatable bonds is 8. The Kier molecular flexibility index (Phi) is 6.31. The van der Waals surface area contributed by atoms with Gasteiger partial charge in [-0.3, -0.25) is 4.79 Å². The standard InChI is InChI=1S/C20H22O2S3/c1-20(16-6-3-2-4-7-16)19(21)13-17(22-20)12-18(25-10-5-9-23)15-8-11-24-14-15/h2-4,6-8,11,13-14,18,23H,5,9-10,12H2,1H3. The second-order valence-electron chi connectivity index (χ2n) is 6.17. The van der Waals surface area contributed by atoms with Gasteiger partial charge in [0.1, 0.15) is 5.76 Å². The minimum atomic E-state index is -0.897. The van der Waals surface area contributed by atoms with Crippen LogP contribution in [0.15, 0.2) is 59.0 Å². The molecule has 3 rings (SSSR count). The Balaban J connectivity index is 1.73. The van der Waals surface area contributed by atoms with E-state index in [1.54, 1.807) is 17.4 Å². The molecule has 0 spiro atoms. The lowest BCUT2D eigenvalue weighted by atomic mass is 9.92. The molecule has 2 atom stereocenters. The van der Waals surface area contributed by atoms with Gasteiger partial charge in [-0.05, 0) is 47.2 Å². The smallest absolute Gasteiger partial charge is 0.206 e. The number of hydrogen-bond donors (Lipinski definition) is 1. The Morgan fingerprint density at radius 1 is 1.28 bits per heavy atom. The molecule has 5 heteroatoms. The Hall–Kier alpha value is -1.17. The number of thiophene rings is 1. The Morgan fingerprint density at radius 3 is 2.76 bits per heavy atom. The molecule has 0 radical (unpaired) electrons. The van der Waals surface area contributed by atoms with E-state index in [0.29, 0.717) is 5.25 Å². The molecule has 0 saturated heterocycles. The third-order valence-electron chi connectivity index (χ3n) is 4.35. The van der Waals surface area contributed by atoms with E-state index >= 15 is 0 Å². The minimum absolute atomic E-state index is 0.0260. The minimum Gasteiger partial charge on any atom is -0.479 e. The summed E-state index contributed by atoms with van der Waals surface area (Å²) < 4.78 is 6.17. The molecular weight excluding hydrogens is 368 g/mol. The molecule has 0 aliphatic carbocycles. The van der Waals surface area contributed by atoms with Crippen LogP contribution in [0.5, 0.6) is 0 Å². The maximum atomic E-state index is 12.6. The molecule has 0 bridgehead atoms. The molecule has 0 fully saturated rings. The molecule has 1 aliphatic heterocycles. The average Bonchev–Trinajstić information content (AvgIpc) is 3.24. The van der Waals surface area contributed by atoms with Crippen LogP contribution in [0.2, 0.25) is 0 Å². The first kappa shape index (κ1) is 18.6. The number of carbonyl (C=O) groups is 1. The van der Waals surface area contributed by atoms with E-state index in [4.69, 9.17) is 4.74 Å². The molecule has 0 amide bonds. The average molecular weight is 391 g/mol. The van der Waals surface area contributed by atoms with E-state index < -0.39 is 5.60 Å². The molecule has 0 N–H and O–H groups in total. The number of thioether (sulfide) groups is 1. The van der Waals surface area contributed by atoms with E-state index in [9.17, 15) is 4.79 Å². The first-order valence-electron chi connectivity index (χ1n) is 8.37. The van der Waals surface area contributed by atoms with E-state index in [0.717, 1.165) is 35.7 Å². The van der Waals surface area contributed by atoms with Gasteiger partial charge in [0, 0.05) is 23.3 Å². The summed E-state index contributed by atoms with van der Waals surface area (Å²) in [6.45, 7) is 1.86. The first-order valence-corrected chi connectivity index (χ1v) is 11.0. The van der Waals surface area contributed by atoms with Crippen molar-refractivity contribution in [2.45, 2.75) is 30.6 Å². The fourth-order valence-corrected chi connectivity index (χ4v) is 5.28. The number of thiol groups is 1. The summed E-state index contributed by atoms with van der Waals surface area (Å²) in [6, 6.07) is 11.9. The Morgan fingerprint density at radius 2 is 2.08 bits per heavy atom. The monoisotopic (exact) mass is 390 g/mol. The van der Waals surface area contributed by atoms with Crippen molar-refractivity contribution in [1.29, 1.82) is 0 Å². The van der Waals surface area contributed by atoms with Gasteiger partial charge in [0.05, 0.1) is 0 Å². The van der Waals surface area contributed by atoms with Crippen LogP contribution in [0.1, 0.15) is 36.1 Å². The van der Waals surface area contributed by atoms with E-state index in [1.165, 1.54) is 5.56 Å². The van der Waals surface area contributed by atoms with Crippen LogP contribution in [-0.4, -0.2) is 17.3 Å². The van der Waals surface area contributed by atoms with Crippen LogP contribution in [0.4, 0.5) is 0 Å². The number of carbonyl (C=O) groups excluding carboxylic acids is 1. The highest BCUT2D eigenvalue weighted by molar-refractivity contribution is 7.99. The van der Waals surface area contributed by atoms with Crippen LogP contribution in [0.25, 0.3) is 0 Å². The number of allylic oxidation sites excluding steroid dienone is 1. The first-order chi connectivity index (χ1) is 12.1. The molecule has 2 aromatic rings. The van der Waals surface area contributed by atoms with Gasteiger partial charge >= 0.3 is 0 Å². The van der Waals surface area contributed by atoms with Gasteiger partial charge in [-0.1, -0.05) is 30.3 Å². The fraction of sp³-hybridized carbons (Fsp3) is 0.350. The predicted molar refractivity (Wildman–Crippen MR) is 111 cm³/mol. The molecule has 0 saturated carbocycles. The van der Waals surface area contributed by atoms with Crippen LogP contribution in [0, 0.1) is 0 Å². The molecule has 2 unspecified atom stereocenters. The van der Waals surface area contributed by atoms with E-state index in [-0.39, 0.29) is 5.78 Å². The lowest BCUT2D eigenvalue weighted by molar-refractivity contribution is -0.129. The number of ketones is 1. The van der Waals surface area contributed by atoms with Crippen molar-refractivity contribution in [2.24, 2.45) is 0 Å². The maximum absolute atomic E-state index is 12.6. The zero-order valence-corrected chi connectivity index (χ0v) is 16.7. The van der Waals surface area contributed by atoms with Gasteiger partial charge < -0.3 is 4.74 Å². The fourth-order valence-electron chi connectivity index (χ4n) is 2.89. The third kappa shape index (κ3) is 4.33. The maximum Gasteiger partial charge on any atom is 0.206 e.